The lowest BCUT2D eigenvalue weighted by molar-refractivity contribution is -0.138. The molecule has 3 fully saturated rings. The average Bonchev–Trinajstić information content (AvgIpc) is 3.08. The van der Waals surface area contributed by atoms with Gasteiger partial charge in [0, 0.05) is 30.9 Å². The highest BCUT2D eigenvalue weighted by Gasteiger charge is 2.59. The van der Waals surface area contributed by atoms with Gasteiger partial charge in [-0.3, -0.25) is 9.78 Å². The first kappa shape index (κ1) is 20.0. The van der Waals surface area contributed by atoms with E-state index in [-0.39, 0.29) is 11.3 Å². The van der Waals surface area contributed by atoms with Crippen LogP contribution in [0, 0.1) is 34.5 Å². The normalized spacial score (nSPS) is 43.2. The zero-order chi connectivity index (χ0) is 21.1. The Morgan fingerprint density at radius 3 is 2.63 bits per heavy atom. The van der Waals surface area contributed by atoms with Crippen molar-refractivity contribution in [2.75, 3.05) is 7.05 Å². The lowest BCUT2D eigenvalue weighted by Gasteiger charge is -2.60. The maximum absolute atomic E-state index is 12.3. The number of amides is 1. The van der Waals surface area contributed by atoms with Crippen LogP contribution in [0.5, 0.6) is 0 Å². The molecule has 0 spiro atoms. The molecule has 0 saturated heterocycles. The number of allylic oxidation sites excluding steroid dienone is 2. The van der Waals surface area contributed by atoms with Crippen LogP contribution in [-0.4, -0.2) is 28.9 Å². The Morgan fingerprint density at radius 1 is 1.10 bits per heavy atom. The topological polar surface area (TPSA) is 33.2 Å². The number of carbonyl (C=O) groups excluding carboxylic acids is 1. The van der Waals surface area contributed by atoms with E-state index >= 15 is 0 Å². The third kappa shape index (κ3) is 2.84. The molecule has 0 unspecified atom stereocenters. The maximum atomic E-state index is 12.3. The summed E-state index contributed by atoms with van der Waals surface area (Å²) in [4.78, 5) is 18.5. The molecule has 2 heterocycles. The summed E-state index contributed by atoms with van der Waals surface area (Å²) >= 11 is 0. The highest BCUT2D eigenvalue weighted by molar-refractivity contribution is 5.89. The Labute approximate surface area is 181 Å². The van der Waals surface area contributed by atoms with Gasteiger partial charge in [0.05, 0.1) is 0 Å². The quantitative estimate of drug-likeness (QED) is 0.630. The van der Waals surface area contributed by atoms with E-state index in [0.717, 1.165) is 18.3 Å². The predicted molar refractivity (Wildman–Crippen MR) is 121 cm³/mol. The van der Waals surface area contributed by atoms with E-state index in [2.05, 4.69) is 50.0 Å². The number of fused-ring (bicyclic) bond motifs is 5. The van der Waals surface area contributed by atoms with Gasteiger partial charge in [0.15, 0.2) is 0 Å². The Bertz CT molecular complexity index is 889. The monoisotopic (exact) mass is 404 g/mol. The molecule has 0 radical (unpaired) electrons. The summed E-state index contributed by atoms with van der Waals surface area (Å²) in [7, 11) is 2.01. The summed E-state index contributed by atoms with van der Waals surface area (Å²) in [6, 6.07) is 4.64. The van der Waals surface area contributed by atoms with E-state index in [4.69, 9.17) is 0 Å². The lowest BCUT2D eigenvalue weighted by atomic mass is 9.47. The molecule has 160 valence electrons. The smallest absolute Gasteiger partial charge is 0.246 e. The third-order valence-electron chi connectivity index (χ3n) is 9.79. The predicted octanol–water partition coefficient (Wildman–Crippen LogP) is 5.74. The van der Waals surface area contributed by atoms with Gasteiger partial charge in [0.1, 0.15) is 0 Å². The van der Waals surface area contributed by atoms with Crippen LogP contribution < -0.4 is 0 Å². The molecular weight excluding hydrogens is 368 g/mol. The van der Waals surface area contributed by atoms with Crippen LogP contribution in [0.25, 0.3) is 5.57 Å². The lowest BCUT2D eigenvalue weighted by Crippen LogP contribution is -2.59. The van der Waals surface area contributed by atoms with Gasteiger partial charge < -0.3 is 4.90 Å². The van der Waals surface area contributed by atoms with Crippen molar-refractivity contribution in [3.63, 3.8) is 0 Å². The molecule has 7 atom stereocenters. The number of likely N-dealkylation sites (N-methyl/N-ethyl adjacent to an activating group) is 1. The third-order valence-corrected chi connectivity index (χ3v) is 9.79. The second-order valence-corrected chi connectivity index (χ2v) is 10.9. The molecule has 3 aliphatic carbocycles. The molecule has 3 saturated carbocycles. The number of pyridine rings is 1. The summed E-state index contributed by atoms with van der Waals surface area (Å²) < 4.78 is 0. The van der Waals surface area contributed by atoms with Gasteiger partial charge in [0.2, 0.25) is 5.91 Å². The molecular formula is C27H36N2O. The van der Waals surface area contributed by atoms with Crippen LogP contribution in [0.2, 0.25) is 0 Å². The van der Waals surface area contributed by atoms with Crippen LogP contribution in [0.4, 0.5) is 0 Å². The Balaban J connectivity index is 1.42. The molecule has 0 aromatic carbocycles. The molecule has 30 heavy (non-hydrogen) atoms. The van der Waals surface area contributed by atoms with E-state index in [1.54, 1.807) is 0 Å². The molecule has 0 N–H and O–H groups in total. The average molecular weight is 405 g/mol. The van der Waals surface area contributed by atoms with Gasteiger partial charge in [-0.1, -0.05) is 26.0 Å². The highest BCUT2D eigenvalue weighted by atomic mass is 16.2. The SMILES string of the molecule is CC(=C[C@H]1CC[C@H]2[C@@H]3CC[C@H]4N(C)C(=O)C=C[C@]4(C)[C@H]3CC[C@]12C)c1ccncc1. The second kappa shape index (κ2) is 7.07. The zero-order valence-electron chi connectivity index (χ0n) is 19.0. The van der Waals surface area contributed by atoms with Crippen molar-refractivity contribution in [3.8, 4) is 0 Å². The summed E-state index contributed by atoms with van der Waals surface area (Å²) in [6.07, 6.45) is 18.3. The number of hydrogen-bond donors (Lipinski definition) is 0. The zero-order valence-corrected chi connectivity index (χ0v) is 19.0. The fraction of sp³-hybridized carbons (Fsp3) is 0.630. The first-order valence-electron chi connectivity index (χ1n) is 11.9. The number of aromatic nitrogens is 1. The minimum atomic E-state index is 0.147. The van der Waals surface area contributed by atoms with Crippen LogP contribution in [0.1, 0.15) is 64.9 Å². The van der Waals surface area contributed by atoms with Gasteiger partial charge in [0.25, 0.3) is 0 Å². The standard InChI is InChI=1S/C27H36N2O/c1-18(19-11-15-28-16-12-19)17-20-5-7-22-21-6-8-24-27(3,14-10-25(30)29(24)4)23(21)9-13-26(20,22)2/h10-12,14-17,20-24H,5-9,13H2,1-4H3/t20-,21+,22+,23+,24-,26-,27-/m1/s1. The summed E-state index contributed by atoms with van der Waals surface area (Å²) in [6.45, 7) is 7.29. The van der Waals surface area contributed by atoms with Crippen molar-refractivity contribution in [1.29, 1.82) is 0 Å². The van der Waals surface area contributed by atoms with Crippen molar-refractivity contribution >= 4 is 11.5 Å². The van der Waals surface area contributed by atoms with E-state index in [9.17, 15) is 4.79 Å². The summed E-state index contributed by atoms with van der Waals surface area (Å²) in [5.41, 5.74) is 3.27. The molecule has 0 bridgehead atoms. The van der Waals surface area contributed by atoms with Crippen LogP contribution in [0.15, 0.2) is 42.8 Å². The van der Waals surface area contributed by atoms with Crippen LogP contribution >= 0.6 is 0 Å². The van der Waals surface area contributed by atoms with E-state index in [1.165, 1.54) is 43.2 Å². The molecule has 1 aromatic rings. The van der Waals surface area contributed by atoms with E-state index in [0.29, 0.717) is 23.3 Å². The molecule has 1 aliphatic heterocycles. The highest BCUT2D eigenvalue weighted by Crippen LogP contribution is 2.65. The summed E-state index contributed by atoms with van der Waals surface area (Å²) in [5.74, 6) is 3.19. The first-order chi connectivity index (χ1) is 14.3. The molecule has 1 aromatic heterocycles. The van der Waals surface area contributed by atoms with E-state index in [1.807, 2.05) is 30.4 Å². The van der Waals surface area contributed by atoms with Gasteiger partial charge in [-0.15, -0.1) is 0 Å². The fourth-order valence-electron chi connectivity index (χ4n) is 8.07. The van der Waals surface area contributed by atoms with Crippen LogP contribution in [-0.2, 0) is 4.79 Å². The molecule has 3 heteroatoms. The van der Waals surface area contributed by atoms with Crippen LogP contribution in [0.3, 0.4) is 0 Å². The minimum Gasteiger partial charge on any atom is -0.338 e. The molecule has 5 rings (SSSR count). The first-order valence-corrected chi connectivity index (χ1v) is 11.9. The number of nitrogens with zero attached hydrogens (tertiary/aromatic N) is 2. The second-order valence-electron chi connectivity index (χ2n) is 10.9. The van der Waals surface area contributed by atoms with Crippen molar-refractivity contribution in [1.82, 2.24) is 9.88 Å². The van der Waals surface area contributed by atoms with Crippen molar-refractivity contribution in [2.45, 2.75) is 65.3 Å². The largest absolute Gasteiger partial charge is 0.338 e. The Hall–Kier alpha value is -1.90. The van der Waals surface area contributed by atoms with Gasteiger partial charge in [-0.2, -0.15) is 0 Å². The maximum Gasteiger partial charge on any atom is 0.246 e. The Morgan fingerprint density at radius 2 is 1.87 bits per heavy atom. The van der Waals surface area contributed by atoms with Gasteiger partial charge in [-0.05, 0) is 104 Å². The number of rotatable bonds is 2. The minimum absolute atomic E-state index is 0.147. The number of carbonyl (C=O) groups is 1. The van der Waals surface area contributed by atoms with Gasteiger partial charge in [-0.25, -0.2) is 0 Å². The van der Waals surface area contributed by atoms with Gasteiger partial charge >= 0.3 is 0 Å². The fourth-order valence-corrected chi connectivity index (χ4v) is 8.07. The van der Waals surface area contributed by atoms with Crippen molar-refractivity contribution < 1.29 is 4.79 Å². The molecule has 3 nitrogen and oxygen atoms in total. The molecule has 4 aliphatic rings. The Kier molecular flexibility index (Phi) is 4.72. The number of hydrogen-bond acceptors (Lipinski definition) is 2. The van der Waals surface area contributed by atoms with E-state index < -0.39 is 0 Å². The van der Waals surface area contributed by atoms with Crippen molar-refractivity contribution in [3.05, 3.63) is 48.3 Å². The van der Waals surface area contributed by atoms with Crippen molar-refractivity contribution in [2.24, 2.45) is 34.5 Å². The summed E-state index contributed by atoms with van der Waals surface area (Å²) in [5, 5.41) is 0. The molecule has 1 amide bonds.